The minimum atomic E-state index is -0.301. The number of rotatable bonds is 3. The van der Waals surface area contributed by atoms with Crippen LogP contribution in [-0.4, -0.2) is 12.5 Å². The minimum absolute atomic E-state index is 0.0289. The van der Waals surface area contributed by atoms with Crippen LogP contribution in [-0.2, 0) is 12.8 Å². The number of thiophene rings is 1. The lowest BCUT2D eigenvalue weighted by Crippen LogP contribution is -2.38. The topological polar surface area (TPSA) is 50.4 Å². The SMILES string of the molecule is CCOc1ccc2ccccc2c1[C@H]1NC(=O)c2c(sc3c2CC[C@@H](C)C3)N1. The molecule has 1 aliphatic carbocycles. The zero-order chi connectivity index (χ0) is 19.3. The summed E-state index contributed by atoms with van der Waals surface area (Å²) in [5, 5.41) is 10.1. The summed E-state index contributed by atoms with van der Waals surface area (Å²) >= 11 is 1.76. The Bertz CT molecular complexity index is 1070. The molecule has 0 radical (unpaired) electrons. The van der Waals surface area contributed by atoms with Crippen LogP contribution in [0.25, 0.3) is 10.8 Å². The first kappa shape index (κ1) is 17.6. The first-order chi connectivity index (χ1) is 13.7. The average molecular weight is 393 g/mol. The molecule has 2 heterocycles. The van der Waals surface area contributed by atoms with E-state index >= 15 is 0 Å². The van der Waals surface area contributed by atoms with E-state index in [-0.39, 0.29) is 12.1 Å². The molecule has 2 atom stereocenters. The van der Waals surface area contributed by atoms with Gasteiger partial charge in [0.1, 0.15) is 16.9 Å². The summed E-state index contributed by atoms with van der Waals surface area (Å²) < 4.78 is 5.93. The number of benzene rings is 2. The predicted octanol–water partition coefficient (Wildman–Crippen LogP) is 5.28. The van der Waals surface area contributed by atoms with E-state index in [1.54, 1.807) is 11.3 Å². The first-order valence-corrected chi connectivity index (χ1v) is 10.8. The number of hydrogen-bond donors (Lipinski definition) is 2. The van der Waals surface area contributed by atoms with Gasteiger partial charge in [-0.1, -0.05) is 37.3 Å². The van der Waals surface area contributed by atoms with E-state index in [1.807, 2.05) is 25.1 Å². The van der Waals surface area contributed by atoms with Crippen LogP contribution >= 0.6 is 11.3 Å². The molecule has 2 aliphatic rings. The Labute approximate surface area is 168 Å². The maximum Gasteiger partial charge on any atom is 0.256 e. The summed E-state index contributed by atoms with van der Waals surface area (Å²) in [4.78, 5) is 14.5. The van der Waals surface area contributed by atoms with Crippen LogP contribution in [0.1, 0.15) is 52.8 Å². The second kappa shape index (κ2) is 6.82. The largest absolute Gasteiger partial charge is 0.493 e. The number of anilines is 1. The molecule has 0 fully saturated rings. The molecule has 4 nitrogen and oxygen atoms in total. The molecule has 0 unspecified atom stereocenters. The first-order valence-electron chi connectivity index (χ1n) is 10.0. The van der Waals surface area contributed by atoms with E-state index in [2.05, 4.69) is 35.8 Å². The van der Waals surface area contributed by atoms with Crippen molar-refractivity contribution in [1.82, 2.24) is 5.32 Å². The molecular formula is C23H24N2O2S. The van der Waals surface area contributed by atoms with Crippen molar-refractivity contribution in [3.05, 3.63) is 58.0 Å². The lowest BCUT2D eigenvalue weighted by molar-refractivity contribution is 0.0935. The highest BCUT2D eigenvalue weighted by molar-refractivity contribution is 7.16. The number of carbonyl (C=O) groups excluding carboxylic acids is 1. The third kappa shape index (κ3) is 2.76. The third-order valence-corrected chi connectivity index (χ3v) is 6.99. The zero-order valence-corrected chi connectivity index (χ0v) is 17.0. The molecule has 28 heavy (non-hydrogen) atoms. The van der Waals surface area contributed by atoms with Crippen LogP contribution < -0.4 is 15.4 Å². The molecule has 0 bridgehead atoms. The van der Waals surface area contributed by atoms with Crippen LogP contribution in [0.2, 0.25) is 0 Å². The van der Waals surface area contributed by atoms with Crippen LogP contribution in [0.15, 0.2) is 36.4 Å². The number of fused-ring (bicyclic) bond motifs is 4. The van der Waals surface area contributed by atoms with Crippen LogP contribution in [0.5, 0.6) is 5.75 Å². The summed E-state index contributed by atoms with van der Waals surface area (Å²) in [7, 11) is 0. The molecule has 2 N–H and O–H groups in total. The minimum Gasteiger partial charge on any atom is -0.493 e. The summed E-state index contributed by atoms with van der Waals surface area (Å²) in [5.41, 5.74) is 3.12. The van der Waals surface area contributed by atoms with Crippen molar-refractivity contribution in [2.24, 2.45) is 5.92 Å². The molecular weight excluding hydrogens is 368 g/mol. The summed E-state index contributed by atoms with van der Waals surface area (Å²) in [6.45, 7) is 4.86. The van der Waals surface area contributed by atoms with Crippen molar-refractivity contribution in [3.8, 4) is 5.75 Å². The van der Waals surface area contributed by atoms with Crippen molar-refractivity contribution in [1.29, 1.82) is 0 Å². The monoisotopic (exact) mass is 392 g/mol. The molecule has 0 saturated heterocycles. The zero-order valence-electron chi connectivity index (χ0n) is 16.2. The highest BCUT2D eigenvalue weighted by atomic mass is 32.1. The lowest BCUT2D eigenvalue weighted by Gasteiger charge is -2.29. The van der Waals surface area contributed by atoms with Gasteiger partial charge in [-0.15, -0.1) is 11.3 Å². The van der Waals surface area contributed by atoms with Gasteiger partial charge in [0.05, 0.1) is 12.2 Å². The highest BCUT2D eigenvalue weighted by Gasteiger charge is 2.34. The molecule has 5 rings (SSSR count). The van der Waals surface area contributed by atoms with Crippen LogP contribution in [0.4, 0.5) is 5.00 Å². The van der Waals surface area contributed by atoms with Gasteiger partial charge < -0.3 is 15.4 Å². The van der Waals surface area contributed by atoms with Gasteiger partial charge in [0.15, 0.2) is 0 Å². The van der Waals surface area contributed by atoms with E-state index in [4.69, 9.17) is 4.74 Å². The average Bonchev–Trinajstić information content (AvgIpc) is 3.05. The summed E-state index contributed by atoms with van der Waals surface area (Å²) in [5.74, 6) is 1.53. The Kier molecular flexibility index (Phi) is 4.27. The van der Waals surface area contributed by atoms with Gasteiger partial charge in [-0.2, -0.15) is 0 Å². The highest BCUT2D eigenvalue weighted by Crippen LogP contribution is 2.44. The smallest absolute Gasteiger partial charge is 0.256 e. The van der Waals surface area contributed by atoms with Crippen LogP contribution in [0.3, 0.4) is 0 Å². The number of amides is 1. The van der Waals surface area contributed by atoms with Gasteiger partial charge in [0.25, 0.3) is 5.91 Å². The van der Waals surface area contributed by atoms with E-state index in [0.717, 1.165) is 51.9 Å². The Morgan fingerprint density at radius 3 is 2.89 bits per heavy atom. The van der Waals surface area contributed by atoms with Crippen LogP contribution in [0, 0.1) is 5.92 Å². The van der Waals surface area contributed by atoms with Gasteiger partial charge in [-0.3, -0.25) is 4.79 Å². The van der Waals surface area contributed by atoms with E-state index in [9.17, 15) is 4.79 Å². The molecule has 0 saturated carbocycles. The molecule has 144 valence electrons. The molecule has 1 amide bonds. The van der Waals surface area contributed by atoms with Gasteiger partial charge in [0.2, 0.25) is 0 Å². The quantitative estimate of drug-likeness (QED) is 0.638. The fraction of sp³-hybridized carbons (Fsp3) is 0.348. The fourth-order valence-corrected chi connectivity index (χ4v) is 5.90. The van der Waals surface area contributed by atoms with Crippen molar-refractivity contribution >= 4 is 33.0 Å². The molecule has 1 aromatic heterocycles. The Balaban J connectivity index is 1.61. The van der Waals surface area contributed by atoms with Crippen molar-refractivity contribution in [2.45, 2.75) is 39.3 Å². The number of ether oxygens (including phenoxy) is 1. The fourth-order valence-electron chi connectivity index (χ4n) is 4.46. The standard InChI is InChI=1S/C23H24N2O2S/c1-3-27-17-11-9-14-6-4-5-7-15(14)19(17)21-24-22(26)20-16-10-8-13(2)12-18(16)28-23(20)25-21/h4-7,9,11,13,21,25H,3,8,10,12H2,1-2H3,(H,24,26)/t13-,21+/m1/s1. The Hall–Kier alpha value is -2.53. The van der Waals surface area contributed by atoms with Gasteiger partial charge >= 0.3 is 0 Å². The summed E-state index contributed by atoms with van der Waals surface area (Å²) in [6, 6.07) is 12.3. The van der Waals surface area contributed by atoms with E-state index in [0.29, 0.717) is 12.5 Å². The maximum atomic E-state index is 13.1. The Morgan fingerprint density at radius 1 is 1.18 bits per heavy atom. The molecule has 1 aliphatic heterocycles. The van der Waals surface area contributed by atoms with E-state index < -0.39 is 0 Å². The number of carbonyl (C=O) groups is 1. The van der Waals surface area contributed by atoms with Crippen molar-refractivity contribution in [3.63, 3.8) is 0 Å². The number of hydrogen-bond acceptors (Lipinski definition) is 4. The van der Waals surface area contributed by atoms with Gasteiger partial charge in [0, 0.05) is 10.4 Å². The maximum absolute atomic E-state index is 13.1. The summed E-state index contributed by atoms with van der Waals surface area (Å²) in [6.07, 6.45) is 2.93. The van der Waals surface area contributed by atoms with Crippen molar-refractivity contribution in [2.75, 3.05) is 11.9 Å². The van der Waals surface area contributed by atoms with Gasteiger partial charge in [-0.25, -0.2) is 0 Å². The molecule has 5 heteroatoms. The van der Waals surface area contributed by atoms with Gasteiger partial charge in [-0.05, 0) is 54.5 Å². The molecule has 2 aromatic carbocycles. The number of nitrogens with one attached hydrogen (secondary N) is 2. The lowest BCUT2D eigenvalue weighted by atomic mass is 9.88. The molecule has 3 aromatic rings. The van der Waals surface area contributed by atoms with Crippen molar-refractivity contribution < 1.29 is 9.53 Å². The Morgan fingerprint density at radius 2 is 2.04 bits per heavy atom. The normalized spacial score (nSPS) is 20.9. The van der Waals surface area contributed by atoms with E-state index in [1.165, 1.54) is 10.4 Å². The second-order valence-corrected chi connectivity index (χ2v) is 8.84. The predicted molar refractivity (Wildman–Crippen MR) is 114 cm³/mol. The second-order valence-electron chi connectivity index (χ2n) is 7.74. The molecule has 0 spiro atoms. The third-order valence-electron chi connectivity index (χ3n) is 5.81.